The average Bonchev–Trinajstić information content (AvgIpc) is 2.69. The minimum Gasteiger partial charge on any atom is -0.377 e. The van der Waals surface area contributed by atoms with E-state index in [-0.39, 0.29) is 11.9 Å². The third-order valence-corrected chi connectivity index (χ3v) is 4.47. The maximum absolute atomic E-state index is 13.9. The Morgan fingerprint density at radius 2 is 2.35 bits per heavy atom. The van der Waals surface area contributed by atoms with Gasteiger partial charge in [-0.3, -0.25) is 0 Å². The van der Waals surface area contributed by atoms with Crippen molar-refractivity contribution in [3.63, 3.8) is 0 Å². The van der Waals surface area contributed by atoms with Crippen molar-refractivity contribution in [2.45, 2.75) is 36.1 Å². The van der Waals surface area contributed by atoms with E-state index in [1.807, 2.05) is 19.2 Å². The van der Waals surface area contributed by atoms with Gasteiger partial charge in [-0.1, -0.05) is 6.07 Å². The highest BCUT2D eigenvalue weighted by Crippen LogP contribution is 2.34. The Bertz CT molecular complexity index is 386. The highest BCUT2D eigenvalue weighted by molar-refractivity contribution is 8.00. The van der Waals surface area contributed by atoms with Gasteiger partial charge in [-0.2, -0.15) is 0 Å². The predicted molar refractivity (Wildman–Crippen MR) is 68.8 cm³/mol. The fourth-order valence-electron chi connectivity index (χ4n) is 1.98. The van der Waals surface area contributed by atoms with Crippen molar-refractivity contribution in [1.82, 2.24) is 5.32 Å². The summed E-state index contributed by atoms with van der Waals surface area (Å²) >= 11 is 1.59. The van der Waals surface area contributed by atoms with Gasteiger partial charge >= 0.3 is 0 Å². The SMILES string of the molecule is CNCc1ccc(SC2CCOC2C)c(F)c1. The molecule has 0 amide bonds. The van der Waals surface area contributed by atoms with E-state index in [0.717, 1.165) is 23.5 Å². The molecule has 2 unspecified atom stereocenters. The molecule has 94 valence electrons. The van der Waals surface area contributed by atoms with E-state index in [1.165, 1.54) is 0 Å². The summed E-state index contributed by atoms with van der Waals surface area (Å²) in [6.07, 6.45) is 1.22. The van der Waals surface area contributed by atoms with Crippen molar-refractivity contribution in [2.24, 2.45) is 0 Å². The molecule has 1 aliphatic rings. The molecular weight excluding hydrogens is 237 g/mol. The van der Waals surface area contributed by atoms with Gasteiger partial charge < -0.3 is 10.1 Å². The zero-order chi connectivity index (χ0) is 12.3. The van der Waals surface area contributed by atoms with Crippen LogP contribution in [0.3, 0.4) is 0 Å². The molecule has 0 bridgehead atoms. The number of halogens is 1. The van der Waals surface area contributed by atoms with Crippen molar-refractivity contribution in [2.75, 3.05) is 13.7 Å². The molecule has 1 heterocycles. The molecule has 2 rings (SSSR count). The molecule has 4 heteroatoms. The van der Waals surface area contributed by atoms with Gasteiger partial charge in [-0.15, -0.1) is 11.8 Å². The van der Waals surface area contributed by atoms with Crippen molar-refractivity contribution >= 4 is 11.8 Å². The normalized spacial score (nSPS) is 24.2. The Kier molecular flexibility index (Phi) is 4.42. The van der Waals surface area contributed by atoms with Crippen LogP contribution in [-0.2, 0) is 11.3 Å². The maximum Gasteiger partial charge on any atom is 0.137 e. The first-order valence-corrected chi connectivity index (χ1v) is 6.80. The molecule has 0 spiro atoms. The largest absolute Gasteiger partial charge is 0.377 e. The van der Waals surface area contributed by atoms with Crippen LogP contribution in [0.4, 0.5) is 4.39 Å². The fourth-order valence-corrected chi connectivity index (χ4v) is 3.11. The minimum absolute atomic E-state index is 0.123. The molecule has 17 heavy (non-hydrogen) atoms. The molecule has 1 aromatic rings. The zero-order valence-electron chi connectivity index (χ0n) is 10.2. The van der Waals surface area contributed by atoms with Gasteiger partial charge in [0.1, 0.15) is 5.82 Å². The van der Waals surface area contributed by atoms with Gasteiger partial charge in [0.15, 0.2) is 0 Å². The number of benzene rings is 1. The van der Waals surface area contributed by atoms with Crippen LogP contribution in [0.1, 0.15) is 18.9 Å². The van der Waals surface area contributed by atoms with Gasteiger partial charge in [-0.05, 0) is 38.1 Å². The summed E-state index contributed by atoms with van der Waals surface area (Å²) in [4.78, 5) is 0.729. The second-order valence-electron chi connectivity index (χ2n) is 4.32. The van der Waals surface area contributed by atoms with Crippen LogP contribution in [0, 0.1) is 5.82 Å². The third-order valence-electron chi connectivity index (χ3n) is 2.96. The second-order valence-corrected chi connectivity index (χ2v) is 5.60. The number of thioether (sulfide) groups is 1. The van der Waals surface area contributed by atoms with Crippen molar-refractivity contribution < 1.29 is 9.13 Å². The Morgan fingerprint density at radius 3 is 2.94 bits per heavy atom. The van der Waals surface area contributed by atoms with Crippen LogP contribution in [-0.4, -0.2) is 25.0 Å². The summed E-state index contributed by atoms with van der Waals surface area (Å²) in [7, 11) is 1.86. The molecular formula is C13H18FNOS. The van der Waals surface area contributed by atoms with E-state index in [0.29, 0.717) is 11.8 Å². The van der Waals surface area contributed by atoms with E-state index in [2.05, 4.69) is 12.2 Å². The molecule has 0 aromatic heterocycles. The van der Waals surface area contributed by atoms with Crippen molar-refractivity contribution in [1.29, 1.82) is 0 Å². The van der Waals surface area contributed by atoms with Crippen LogP contribution in [0.15, 0.2) is 23.1 Å². The van der Waals surface area contributed by atoms with E-state index in [4.69, 9.17) is 4.74 Å². The summed E-state index contributed by atoms with van der Waals surface area (Å²) in [6.45, 7) is 3.54. The zero-order valence-corrected chi connectivity index (χ0v) is 11.0. The number of ether oxygens (including phenoxy) is 1. The second kappa shape index (κ2) is 5.85. The summed E-state index contributed by atoms with van der Waals surface area (Å²) < 4.78 is 19.4. The Labute approximate surface area is 106 Å². The molecule has 2 atom stereocenters. The summed E-state index contributed by atoms with van der Waals surface area (Å²) in [5.41, 5.74) is 0.977. The molecule has 1 aliphatic heterocycles. The standard InChI is InChI=1S/C13H18FNOS/c1-9-12(5-6-16-9)17-13-4-3-10(8-15-2)7-11(13)14/h3-4,7,9,12,15H,5-6,8H2,1-2H3. The number of hydrogen-bond acceptors (Lipinski definition) is 3. The molecule has 1 saturated heterocycles. The number of nitrogens with one attached hydrogen (secondary N) is 1. The molecule has 2 nitrogen and oxygen atoms in total. The van der Waals surface area contributed by atoms with Crippen LogP contribution >= 0.6 is 11.8 Å². The lowest BCUT2D eigenvalue weighted by Gasteiger charge is -2.14. The van der Waals surface area contributed by atoms with Gasteiger partial charge in [0.2, 0.25) is 0 Å². The Hall–Kier alpha value is -0.580. The average molecular weight is 255 g/mol. The van der Waals surface area contributed by atoms with E-state index < -0.39 is 0 Å². The van der Waals surface area contributed by atoms with E-state index in [9.17, 15) is 4.39 Å². The lowest BCUT2D eigenvalue weighted by Crippen LogP contribution is -2.13. The highest BCUT2D eigenvalue weighted by Gasteiger charge is 2.25. The third kappa shape index (κ3) is 3.21. The van der Waals surface area contributed by atoms with Crippen molar-refractivity contribution in [3.8, 4) is 0 Å². The van der Waals surface area contributed by atoms with Crippen LogP contribution in [0.25, 0.3) is 0 Å². The number of hydrogen-bond donors (Lipinski definition) is 1. The first kappa shape index (κ1) is 12.9. The highest BCUT2D eigenvalue weighted by atomic mass is 32.2. The molecule has 0 aliphatic carbocycles. The Morgan fingerprint density at radius 1 is 1.53 bits per heavy atom. The van der Waals surface area contributed by atoms with Gasteiger partial charge in [0, 0.05) is 23.3 Å². The molecule has 1 aromatic carbocycles. The molecule has 1 N–H and O–H groups in total. The summed E-state index contributed by atoms with van der Waals surface area (Å²) in [5.74, 6) is -0.123. The quantitative estimate of drug-likeness (QED) is 0.894. The molecule has 0 radical (unpaired) electrons. The lowest BCUT2D eigenvalue weighted by atomic mass is 10.2. The molecule has 1 fully saturated rings. The van der Waals surface area contributed by atoms with Gasteiger partial charge in [0.05, 0.1) is 6.10 Å². The first-order valence-electron chi connectivity index (χ1n) is 5.92. The molecule has 0 saturated carbocycles. The number of rotatable bonds is 4. The summed E-state index contributed by atoms with van der Waals surface area (Å²) in [5, 5.41) is 3.39. The lowest BCUT2D eigenvalue weighted by molar-refractivity contribution is 0.127. The smallest absolute Gasteiger partial charge is 0.137 e. The van der Waals surface area contributed by atoms with E-state index in [1.54, 1.807) is 17.8 Å². The fraction of sp³-hybridized carbons (Fsp3) is 0.538. The van der Waals surface area contributed by atoms with Crippen LogP contribution < -0.4 is 5.32 Å². The maximum atomic E-state index is 13.9. The predicted octanol–water partition coefficient (Wildman–Crippen LogP) is 2.81. The summed E-state index contributed by atoms with van der Waals surface area (Å²) in [6, 6.07) is 5.46. The van der Waals surface area contributed by atoms with Crippen LogP contribution in [0.5, 0.6) is 0 Å². The van der Waals surface area contributed by atoms with Gasteiger partial charge in [-0.25, -0.2) is 4.39 Å². The van der Waals surface area contributed by atoms with E-state index >= 15 is 0 Å². The van der Waals surface area contributed by atoms with Gasteiger partial charge in [0.25, 0.3) is 0 Å². The van der Waals surface area contributed by atoms with Crippen LogP contribution in [0.2, 0.25) is 0 Å². The topological polar surface area (TPSA) is 21.3 Å². The Balaban J connectivity index is 2.05. The minimum atomic E-state index is -0.123. The van der Waals surface area contributed by atoms with Crippen molar-refractivity contribution in [3.05, 3.63) is 29.6 Å². The first-order chi connectivity index (χ1) is 8.20. The monoisotopic (exact) mass is 255 g/mol.